The molecule has 1 aromatic carbocycles. The average Bonchev–Trinajstić information content (AvgIpc) is 2.55. The van der Waals surface area contributed by atoms with Crippen molar-refractivity contribution in [2.75, 3.05) is 7.11 Å². The fourth-order valence-corrected chi connectivity index (χ4v) is 2.32. The third kappa shape index (κ3) is 3.20. The largest absolute Gasteiger partial charge is 0.481 e. The van der Waals surface area contributed by atoms with E-state index in [0.717, 1.165) is 16.5 Å². The van der Waals surface area contributed by atoms with Crippen LogP contribution in [0.4, 0.5) is 4.39 Å². The van der Waals surface area contributed by atoms with E-state index in [9.17, 15) is 4.39 Å². The van der Waals surface area contributed by atoms with Crippen LogP contribution in [0.15, 0.2) is 48.8 Å². The number of hydrogen-bond donors (Lipinski definition) is 1. The molecule has 0 saturated heterocycles. The Hall–Kier alpha value is -2.53. The van der Waals surface area contributed by atoms with Crippen LogP contribution in [0.2, 0.25) is 0 Å². The molecule has 0 spiro atoms. The lowest BCUT2D eigenvalue weighted by molar-refractivity contribution is 0.392. The van der Waals surface area contributed by atoms with Crippen LogP contribution in [-0.4, -0.2) is 17.1 Å². The molecule has 0 unspecified atom stereocenters. The van der Waals surface area contributed by atoms with Crippen molar-refractivity contribution in [3.8, 4) is 5.88 Å². The first-order chi connectivity index (χ1) is 10.8. The summed E-state index contributed by atoms with van der Waals surface area (Å²) in [6.07, 6.45) is 3.56. The number of nitrogens with one attached hydrogen (secondary N) is 1. The van der Waals surface area contributed by atoms with Gasteiger partial charge in [-0.25, -0.2) is 9.37 Å². The fraction of sp³-hybridized carbons (Fsp3) is 0.176. The first-order valence-electron chi connectivity index (χ1n) is 6.99. The van der Waals surface area contributed by atoms with E-state index in [-0.39, 0.29) is 5.82 Å². The van der Waals surface area contributed by atoms with Gasteiger partial charge in [0.25, 0.3) is 0 Å². The van der Waals surface area contributed by atoms with Crippen molar-refractivity contribution >= 4 is 10.9 Å². The van der Waals surface area contributed by atoms with Gasteiger partial charge in [-0.05, 0) is 35.9 Å². The van der Waals surface area contributed by atoms with Crippen LogP contribution in [0.5, 0.6) is 5.88 Å². The minimum Gasteiger partial charge on any atom is -0.481 e. The molecule has 2 aromatic heterocycles. The summed E-state index contributed by atoms with van der Waals surface area (Å²) in [6.45, 7) is 1.27. The molecule has 0 saturated carbocycles. The quantitative estimate of drug-likeness (QED) is 0.786. The maximum absolute atomic E-state index is 13.3. The van der Waals surface area contributed by atoms with Gasteiger partial charge in [0.2, 0.25) is 5.88 Å². The average molecular weight is 297 g/mol. The molecule has 5 heteroatoms. The van der Waals surface area contributed by atoms with E-state index in [2.05, 4.69) is 15.3 Å². The monoisotopic (exact) mass is 297 g/mol. The first-order valence-corrected chi connectivity index (χ1v) is 6.99. The fourth-order valence-electron chi connectivity index (χ4n) is 2.32. The molecule has 0 radical (unpaired) electrons. The maximum Gasteiger partial charge on any atom is 0.218 e. The van der Waals surface area contributed by atoms with Gasteiger partial charge in [0, 0.05) is 36.4 Å². The summed E-state index contributed by atoms with van der Waals surface area (Å²) in [4.78, 5) is 8.50. The van der Waals surface area contributed by atoms with Crippen LogP contribution in [0.3, 0.4) is 0 Å². The third-order valence-electron chi connectivity index (χ3n) is 3.38. The summed E-state index contributed by atoms with van der Waals surface area (Å²) in [5, 5.41) is 4.08. The van der Waals surface area contributed by atoms with Crippen molar-refractivity contribution in [3.05, 3.63) is 65.7 Å². The van der Waals surface area contributed by atoms with Gasteiger partial charge in [-0.2, -0.15) is 0 Å². The molecule has 0 bridgehead atoms. The number of hydrogen-bond acceptors (Lipinski definition) is 4. The summed E-state index contributed by atoms with van der Waals surface area (Å²) < 4.78 is 18.7. The summed E-state index contributed by atoms with van der Waals surface area (Å²) >= 11 is 0. The van der Waals surface area contributed by atoms with Gasteiger partial charge in [-0.1, -0.05) is 6.07 Å². The molecule has 0 atom stereocenters. The van der Waals surface area contributed by atoms with Gasteiger partial charge in [0.15, 0.2) is 0 Å². The first kappa shape index (κ1) is 14.4. The summed E-state index contributed by atoms with van der Waals surface area (Å²) in [5.41, 5.74) is 2.71. The normalized spacial score (nSPS) is 10.8. The van der Waals surface area contributed by atoms with Crippen LogP contribution in [0.25, 0.3) is 10.9 Å². The summed E-state index contributed by atoms with van der Waals surface area (Å²) in [7, 11) is 1.59. The molecular weight excluding hydrogens is 281 g/mol. The molecule has 0 aliphatic carbocycles. The molecule has 0 aliphatic rings. The van der Waals surface area contributed by atoms with E-state index in [4.69, 9.17) is 4.74 Å². The predicted molar refractivity (Wildman–Crippen MR) is 83.0 cm³/mol. The SMILES string of the molecule is COc1nc2ccc(F)cc2cc1CNCc1cccnc1. The lowest BCUT2D eigenvalue weighted by Gasteiger charge is -2.10. The third-order valence-corrected chi connectivity index (χ3v) is 3.38. The van der Waals surface area contributed by atoms with Crippen LogP contribution >= 0.6 is 0 Å². The number of aromatic nitrogens is 2. The van der Waals surface area contributed by atoms with Gasteiger partial charge in [-0.3, -0.25) is 4.98 Å². The van der Waals surface area contributed by atoms with Crippen molar-refractivity contribution in [1.82, 2.24) is 15.3 Å². The Labute approximate surface area is 128 Å². The molecule has 0 fully saturated rings. The van der Waals surface area contributed by atoms with E-state index in [0.29, 0.717) is 24.5 Å². The number of fused-ring (bicyclic) bond motifs is 1. The molecule has 112 valence electrons. The highest BCUT2D eigenvalue weighted by atomic mass is 19.1. The molecular formula is C17H16FN3O. The summed E-state index contributed by atoms with van der Waals surface area (Å²) in [6, 6.07) is 10.3. The number of halogens is 1. The standard InChI is InChI=1S/C17H16FN3O/c1-22-17-14(11-20-10-12-3-2-6-19-9-12)7-13-8-15(18)4-5-16(13)21-17/h2-9,20H,10-11H2,1H3. The van der Waals surface area contributed by atoms with Crippen molar-refractivity contribution in [1.29, 1.82) is 0 Å². The maximum atomic E-state index is 13.3. The van der Waals surface area contributed by atoms with Gasteiger partial charge in [-0.15, -0.1) is 0 Å². The molecule has 0 amide bonds. The van der Waals surface area contributed by atoms with E-state index in [1.54, 1.807) is 19.4 Å². The van der Waals surface area contributed by atoms with Crippen molar-refractivity contribution in [2.45, 2.75) is 13.1 Å². The highest BCUT2D eigenvalue weighted by molar-refractivity contribution is 5.80. The second kappa shape index (κ2) is 6.49. The predicted octanol–water partition coefficient (Wildman–Crippen LogP) is 3.07. The second-order valence-corrected chi connectivity index (χ2v) is 4.96. The number of ether oxygens (including phenoxy) is 1. The van der Waals surface area contributed by atoms with E-state index < -0.39 is 0 Å². The summed E-state index contributed by atoms with van der Waals surface area (Å²) in [5.74, 6) is 0.284. The molecule has 3 rings (SSSR count). The highest BCUT2D eigenvalue weighted by Gasteiger charge is 2.08. The van der Waals surface area contributed by atoms with Crippen LogP contribution < -0.4 is 10.1 Å². The Morgan fingerprint density at radius 3 is 2.86 bits per heavy atom. The number of pyridine rings is 2. The zero-order chi connectivity index (χ0) is 15.4. The highest BCUT2D eigenvalue weighted by Crippen LogP contribution is 2.22. The second-order valence-electron chi connectivity index (χ2n) is 4.96. The van der Waals surface area contributed by atoms with E-state index in [1.807, 2.05) is 24.4 Å². The number of rotatable bonds is 5. The lowest BCUT2D eigenvalue weighted by atomic mass is 10.1. The topological polar surface area (TPSA) is 47.0 Å². The van der Waals surface area contributed by atoms with Crippen LogP contribution in [-0.2, 0) is 13.1 Å². The van der Waals surface area contributed by atoms with Gasteiger partial charge in [0.05, 0.1) is 12.6 Å². The molecule has 0 aliphatic heterocycles. The Kier molecular flexibility index (Phi) is 4.25. The van der Waals surface area contributed by atoms with Gasteiger partial charge < -0.3 is 10.1 Å². The molecule has 1 N–H and O–H groups in total. The minimum atomic E-state index is -0.270. The molecule has 4 nitrogen and oxygen atoms in total. The Bertz CT molecular complexity index is 777. The minimum absolute atomic E-state index is 0.270. The van der Waals surface area contributed by atoms with E-state index >= 15 is 0 Å². The molecule has 3 aromatic rings. The lowest BCUT2D eigenvalue weighted by Crippen LogP contribution is -2.14. The Balaban J connectivity index is 1.79. The molecule has 2 heterocycles. The smallest absolute Gasteiger partial charge is 0.218 e. The zero-order valence-electron chi connectivity index (χ0n) is 12.2. The van der Waals surface area contributed by atoms with Crippen molar-refractivity contribution < 1.29 is 9.13 Å². The number of nitrogens with zero attached hydrogens (tertiary/aromatic N) is 2. The van der Waals surface area contributed by atoms with Crippen LogP contribution in [0, 0.1) is 5.82 Å². The van der Waals surface area contributed by atoms with Gasteiger partial charge in [0.1, 0.15) is 5.82 Å². The van der Waals surface area contributed by atoms with Crippen molar-refractivity contribution in [3.63, 3.8) is 0 Å². The van der Waals surface area contributed by atoms with Crippen molar-refractivity contribution in [2.24, 2.45) is 0 Å². The van der Waals surface area contributed by atoms with E-state index in [1.165, 1.54) is 12.1 Å². The zero-order valence-corrected chi connectivity index (χ0v) is 12.2. The number of methoxy groups -OCH3 is 1. The Morgan fingerprint density at radius 1 is 1.18 bits per heavy atom. The molecule has 22 heavy (non-hydrogen) atoms. The number of benzene rings is 1. The Morgan fingerprint density at radius 2 is 2.09 bits per heavy atom. The van der Waals surface area contributed by atoms with Gasteiger partial charge >= 0.3 is 0 Å². The van der Waals surface area contributed by atoms with Crippen LogP contribution in [0.1, 0.15) is 11.1 Å².